The van der Waals surface area contributed by atoms with E-state index >= 15 is 0 Å². The number of anilines is 1. The highest BCUT2D eigenvalue weighted by molar-refractivity contribution is 7.09. The number of rotatable bonds is 4. The maximum Gasteiger partial charge on any atom is 0.202 e. The second-order valence-corrected chi connectivity index (χ2v) is 5.03. The summed E-state index contributed by atoms with van der Waals surface area (Å²) in [6.07, 6.45) is 3.38. The molecule has 2 rings (SSSR count). The standard InChI is InChI=1S/C11H18N4S/c1-8(2)10-14-11(16-15-10)13-7-9-3-5-12-6-4-9/h3,8,12H,4-7H2,1-2H3,(H,13,14,15). The Morgan fingerprint density at radius 3 is 3.06 bits per heavy atom. The van der Waals surface area contributed by atoms with Crippen LogP contribution in [0, 0.1) is 0 Å². The highest BCUT2D eigenvalue weighted by Crippen LogP contribution is 2.17. The van der Waals surface area contributed by atoms with E-state index in [0.29, 0.717) is 5.92 Å². The summed E-state index contributed by atoms with van der Waals surface area (Å²) in [5, 5.41) is 7.57. The van der Waals surface area contributed by atoms with E-state index < -0.39 is 0 Å². The summed E-state index contributed by atoms with van der Waals surface area (Å²) < 4.78 is 4.32. The quantitative estimate of drug-likeness (QED) is 0.788. The van der Waals surface area contributed by atoms with E-state index in [4.69, 9.17) is 0 Å². The first-order valence-electron chi connectivity index (χ1n) is 5.72. The molecule has 2 heterocycles. The molecule has 1 aromatic rings. The fraction of sp³-hybridized carbons (Fsp3) is 0.636. The van der Waals surface area contributed by atoms with Crippen LogP contribution in [0.4, 0.5) is 5.13 Å². The Kier molecular flexibility index (Phi) is 3.90. The summed E-state index contributed by atoms with van der Waals surface area (Å²) in [6.45, 7) is 7.20. The first-order chi connectivity index (χ1) is 7.75. The van der Waals surface area contributed by atoms with Gasteiger partial charge in [0.2, 0.25) is 5.13 Å². The van der Waals surface area contributed by atoms with E-state index in [-0.39, 0.29) is 0 Å². The Morgan fingerprint density at radius 2 is 2.44 bits per heavy atom. The van der Waals surface area contributed by atoms with Gasteiger partial charge in [-0.2, -0.15) is 4.37 Å². The van der Waals surface area contributed by atoms with Crippen LogP contribution in [0.3, 0.4) is 0 Å². The molecule has 0 unspecified atom stereocenters. The number of hydrogen-bond donors (Lipinski definition) is 2. The van der Waals surface area contributed by atoms with Gasteiger partial charge in [-0.05, 0) is 13.0 Å². The lowest BCUT2D eigenvalue weighted by Gasteiger charge is -2.13. The summed E-state index contributed by atoms with van der Waals surface area (Å²) in [7, 11) is 0. The minimum atomic E-state index is 0.407. The normalized spacial score (nSPS) is 16.3. The van der Waals surface area contributed by atoms with Crippen molar-refractivity contribution in [2.24, 2.45) is 0 Å². The van der Waals surface area contributed by atoms with Gasteiger partial charge in [0.1, 0.15) is 5.82 Å². The van der Waals surface area contributed by atoms with Gasteiger partial charge in [0, 0.05) is 30.5 Å². The minimum absolute atomic E-state index is 0.407. The summed E-state index contributed by atoms with van der Waals surface area (Å²) in [6, 6.07) is 0. The van der Waals surface area contributed by atoms with Gasteiger partial charge in [0.05, 0.1) is 0 Å². The third-order valence-electron chi connectivity index (χ3n) is 2.58. The molecule has 1 aliphatic rings. The molecule has 1 aromatic heterocycles. The van der Waals surface area contributed by atoms with E-state index in [1.165, 1.54) is 17.1 Å². The summed E-state index contributed by atoms with van der Waals surface area (Å²) in [4.78, 5) is 4.45. The molecule has 1 aliphatic heterocycles. The molecule has 5 heteroatoms. The molecule has 0 fully saturated rings. The fourth-order valence-electron chi connectivity index (χ4n) is 1.56. The molecule has 0 bridgehead atoms. The second-order valence-electron chi connectivity index (χ2n) is 4.28. The Hall–Kier alpha value is -0.940. The Morgan fingerprint density at radius 1 is 1.56 bits per heavy atom. The molecule has 0 saturated carbocycles. The van der Waals surface area contributed by atoms with Crippen LogP contribution in [-0.2, 0) is 0 Å². The van der Waals surface area contributed by atoms with Crippen LogP contribution in [0.2, 0.25) is 0 Å². The highest BCUT2D eigenvalue weighted by Gasteiger charge is 2.08. The molecule has 0 atom stereocenters. The summed E-state index contributed by atoms with van der Waals surface area (Å²) in [5.74, 6) is 1.34. The lowest BCUT2D eigenvalue weighted by Crippen LogP contribution is -2.23. The van der Waals surface area contributed by atoms with Gasteiger partial charge in [-0.15, -0.1) is 0 Å². The van der Waals surface area contributed by atoms with Gasteiger partial charge in [-0.1, -0.05) is 25.5 Å². The Labute approximate surface area is 100 Å². The lowest BCUT2D eigenvalue weighted by atomic mass is 10.1. The predicted octanol–water partition coefficient (Wildman–Crippen LogP) is 1.99. The molecule has 0 aliphatic carbocycles. The Balaban J connectivity index is 1.86. The van der Waals surface area contributed by atoms with Crippen LogP contribution in [0.1, 0.15) is 32.0 Å². The third kappa shape index (κ3) is 3.02. The zero-order valence-corrected chi connectivity index (χ0v) is 10.6. The van der Waals surface area contributed by atoms with Crippen LogP contribution >= 0.6 is 11.5 Å². The molecule has 0 amide bonds. The van der Waals surface area contributed by atoms with Crippen molar-refractivity contribution in [2.75, 3.05) is 25.0 Å². The number of hydrogen-bond acceptors (Lipinski definition) is 5. The molecule has 16 heavy (non-hydrogen) atoms. The third-order valence-corrected chi connectivity index (χ3v) is 3.27. The first kappa shape index (κ1) is 11.5. The monoisotopic (exact) mass is 238 g/mol. The molecule has 2 N–H and O–H groups in total. The zero-order chi connectivity index (χ0) is 11.4. The van der Waals surface area contributed by atoms with E-state index in [2.05, 4.69) is 39.9 Å². The van der Waals surface area contributed by atoms with E-state index in [1.807, 2.05) is 0 Å². The average Bonchev–Trinajstić information content (AvgIpc) is 2.76. The zero-order valence-electron chi connectivity index (χ0n) is 9.79. The predicted molar refractivity (Wildman–Crippen MR) is 68.1 cm³/mol. The average molecular weight is 238 g/mol. The largest absolute Gasteiger partial charge is 0.357 e. The molecule has 0 saturated heterocycles. The van der Waals surface area contributed by atoms with Crippen molar-refractivity contribution in [3.05, 3.63) is 17.5 Å². The summed E-state index contributed by atoms with van der Waals surface area (Å²) >= 11 is 1.45. The van der Waals surface area contributed by atoms with Gasteiger partial charge in [-0.25, -0.2) is 4.98 Å². The highest BCUT2D eigenvalue weighted by atomic mass is 32.1. The van der Waals surface area contributed by atoms with E-state index in [9.17, 15) is 0 Å². The molecular weight excluding hydrogens is 220 g/mol. The van der Waals surface area contributed by atoms with Gasteiger partial charge < -0.3 is 10.6 Å². The molecule has 0 aromatic carbocycles. The van der Waals surface area contributed by atoms with Crippen LogP contribution in [0.25, 0.3) is 0 Å². The molecule has 0 radical (unpaired) electrons. The number of nitrogens with zero attached hydrogens (tertiary/aromatic N) is 2. The van der Waals surface area contributed by atoms with Gasteiger partial charge in [0.25, 0.3) is 0 Å². The SMILES string of the molecule is CC(C)c1nsc(NCC2=CCNCC2)n1. The van der Waals surface area contributed by atoms with Gasteiger partial charge in [-0.3, -0.25) is 0 Å². The Bertz CT molecular complexity index is 370. The maximum absolute atomic E-state index is 4.45. The van der Waals surface area contributed by atoms with E-state index in [0.717, 1.165) is 37.0 Å². The van der Waals surface area contributed by atoms with Gasteiger partial charge >= 0.3 is 0 Å². The smallest absolute Gasteiger partial charge is 0.202 e. The van der Waals surface area contributed by atoms with Crippen molar-refractivity contribution in [3.63, 3.8) is 0 Å². The van der Waals surface area contributed by atoms with Crippen molar-refractivity contribution in [3.8, 4) is 0 Å². The molecule has 88 valence electrons. The molecular formula is C11H18N4S. The number of nitrogens with one attached hydrogen (secondary N) is 2. The molecule has 0 spiro atoms. The van der Waals surface area contributed by atoms with Crippen LogP contribution in [-0.4, -0.2) is 29.0 Å². The first-order valence-corrected chi connectivity index (χ1v) is 6.49. The van der Waals surface area contributed by atoms with Crippen molar-refractivity contribution < 1.29 is 0 Å². The van der Waals surface area contributed by atoms with Gasteiger partial charge in [0.15, 0.2) is 0 Å². The maximum atomic E-state index is 4.45. The van der Waals surface area contributed by atoms with Crippen molar-refractivity contribution >= 4 is 16.7 Å². The van der Waals surface area contributed by atoms with Crippen LogP contribution < -0.4 is 10.6 Å². The molecule has 4 nitrogen and oxygen atoms in total. The van der Waals surface area contributed by atoms with Crippen LogP contribution in [0.15, 0.2) is 11.6 Å². The topological polar surface area (TPSA) is 49.8 Å². The summed E-state index contributed by atoms with van der Waals surface area (Å²) in [5.41, 5.74) is 1.46. The minimum Gasteiger partial charge on any atom is -0.357 e. The van der Waals surface area contributed by atoms with E-state index in [1.54, 1.807) is 0 Å². The lowest BCUT2D eigenvalue weighted by molar-refractivity contribution is 0.698. The van der Waals surface area contributed by atoms with Crippen molar-refractivity contribution in [1.82, 2.24) is 14.7 Å². The second kappa shape index (κ2) is 5.41. The van der Waals surface area contributed by atoms with Crippen molar-refractivity contribution in [1.29, 1.82) is 0 Å². The fourth-order valence-corrected chi connectivity index (χ4v) is 2.26. The van der Waals surface area contributed by atoms with Crippen molar-refractivity contribution in [2.45, 2.75) is 26.2 Å². The van der Waals surface area contributed by atoms with Crippen LogP contribution in [0.5, 0.6) is 0 Å². The number of aromatic nitrogens is 2.